The summed E-state index contributed by atoms with van der Waals surface area (Å²) >= 11 is 0. The van der Waals surface area contributed by atoms with Crippen LogP contribution in [-0.4, -0.2) is 37.6 Å². The van der Waals surface area contributed by atoms with E-state index < -0.39 is 0 Å². The fourth-order valence-electron chi connectivity index (χ4n) is 2.31. The number of amides is 2. The smallest absolute Gasteiger partial charge is 0.251 e. The lowest BCUT2D eigenvalue weighted by molar-refractivity contribution is -0.120. The number of fused-ring (bicyclic) bond motifs is 1. The third-order valence-electron chi connectivity index (χ3n) is 3.54. The number of para-hydroxylation sites is 2. The molecule has 124 valence electrons. The lowest BCUT2D eigenvalue weighted by atomic mass is 10.2. The number of nitrogens with one attached hydrogen (secondary N) is 2. The Bertz CT molecular complexity index is 718. The van der Waals surface area contributed by atoms with E-state index in [0.29, 0.717) is 30.2 Å². The van der Waals surface area contributed by atoms with Crippen LogP contribution in [0.4, 0.5) is 0 Å². The second-order valence-corrected chi connectivity index (χ2v) is 5.35. The summed E-state index contributed by atoms with van der Waals surface area (Å²) in [5, 5.41) is 5.31. The number of carbonyl (C=O) groups is 2. The van der Waals surface area contributed by atoms with Gasteiger partial charge in [0.15, 0.2) is 11.5 Å². The Morgan fingerprint density at radius 2 is 1.67 bits per heavy atom. The standard InChI is InChI=1S/C18H18N2O4/c21-17(11-20-18(22)13-6-2-1-3-7-13)19-10-14-12-23-15-8-4-5-9-16(15)24-14/h1-9,14H,10-12H2,(H,19,21)(H,20,22)/t14-/m1/s1. The van der Waals surface area contributed by atoms with E-state index in [1.807, 2.05) is 30.3 Å². The molecule has 0 bridgehead atoms. The van der Waals surface area contributed by atoms with E-state index in [1.165, 1.54) is 0 Å². The molecule has 2 aromatic carbocycles. The molecule has 2 amide bonds. The number of ether oxygens (including phenoxy) is 2. The second-order valence-electron chi connectivity index (χ2n) is 5.35. The number of hydrogen-bond donors (Lipinski definition) is 2. The molecule has 0 spiro atoms. The monoisotopic (exact) mass is 326 g/mol. The van der Waals surface area contributed by atoms with Gasteiger partial charge in [0.05, 0.1) is 13.1 Å². The molecule has 0 saturated carbocycles. The van der Waals surface area contributed by atoms with E-state index in [0.717, 1.165) is 0 Å². The maximum atomic E-state index is 11.9. The number of carbonyl (C=O) groups excluding carboxylic acids is 2. The molecule has 0 saturated heterocycles. The minimum atomic E-state index is -0.281. The van der Waals surface area contributed by atoms with E-state index in [2.05, 4.69) is 10.6 Å². The Balaban J connectivity index is 1.41. The minimum absolute atomic E-state index is 0.0854. The van der Waals surface area contributed by atoms with Crippen LogP contribution < -0.4 is 20.1 Å². The number of hydrogen-bond acceptors (Lipinski definition) is 4. The first-order chi connectivity index (χ1) is 11.7. The summed E-state index contributed by atoms with van der Waals surface area (Å²) in [5.41, 5.74) is 0.519. The molecule has 0 unspecified atom stereocenters. The van der Waals surface area contributed by atoms with Gasteiger partial charge in [-0.15, -0.1) is 0 Å². The molecule has 1 heterocycles. The van der Waals surface area contributed by atoms with Gasteiger partial charge >= 0.3 is 0 Å². The number of rotatable bonds is 5. The van der Waals surface area contributed by atoms with Gasteiger partial charge in [0, 0.05) is 5.56 Å². The van der Waals surface area contributed by atoms with Crippen LogP contribution in [-0.2, 0) is 4.79 Å². The maximum absolute atomic E-state index is 11.9. The van der Waals surface area contributed by atoms with E-state index in [1.54, 1.807) is 24.3 Å². The average Bonchev–Trinajstić information content (AvgIpc) is 2.65. The zero-order chi connectivity index (χ0) is 16.8. The van der Waals surface area contributed by atoms with E-state index in [-0.39, 0.29) is 24.5 Å². The van der Waals surface area contributed by atoms with Crippen molar-refractivity contribution < 1.29 is 19.1 Å². The molecule has 0 fully saturated rings. The molecule has 6 nitrogen and oxygen atoms in total. The van der Waals surface area contributed by atoms with Crippen molar-refractivity contribution in [1.29, 1.82) is 0 Å². The largest absolute Gasteiger partial charge is 0.486 e. The topological polar surface area (TPSA) is 76.7 Å². The van der Waals surface area contributed by atoms with Crippen LogP contribution in [0.15, 0.2) is 54.6 Å². The van der Waals surface area contributed by atoms with Gasteiger partial charge in [-0.05, 0) is 24.3 Å². The summed E-state index contributed by atoms with van der Waals surface area (Å²) in [7, 11) is 0. The Kier molecular flexibility index (Phi) is 4.96. The fourth-order valence-corrected chi connectivity index (χ4v) is 2.31. The summed E-state index contributed by atoms with van der Waals surface area (Å²) in [5.74, 6) is 0.814. The van der Waals surface area contributed by atoms with Crippen molar-refractivity contribution in [1.82, 2.24) is 10.6 Å². The van der Waals surface area contributed by atoms with Gasteiger partial charge in [0.25, 0.3) is 5.91 Å². The van der Waals surface area contributed by atoms with Crippen molar-refractivity contribution in [3.63, 3.8) is 0 Å². The Morgan fingerprint density at radius 3 is 2.46 bits per heavy atom. The average molecular weight is 326 g/mol. The third-order valence-corrected chi connectivity index (χ3v) is 3.54. The highest BCUT2D eigenvalue weighted by molar-refractivity contribution is 5.96. The molecule has 2 N–H and O–H groups in total. The zero-order valence-electron chi connectivity index (χ0n) is 13.0. The summed E-state index contributed by atoms with van der Waals surface area (Å²) in [6.07, 6.45) is -0.256. The van der Waals surface area contributed by atoms with Crippen molar-refractivity contribution in [2.24, 2.45) is 0 Å². The Hall–Kier alpha value is -3.02. The maximum Gasteiger partial charge on any atom is 0.251 e. The number of benzene rings is 2. The molecular formula is C18H18N2O4. The molecule has 0 aromatic heterocycles. The lowest BCUT2D eigenvalue weighted by Gasteiger charge is -2.26. The Morgan fingerprint density at radius 1 is 0.958 bits per heavy atom. The quantitative estimate of drug-likeness (QED) is 0.870. The summed E-state index contributed by atoms with van der Waals surface area (Å²) < 4.78 is 11.3. The molecule has 1 aliphatic rings. The Labute approximate surface area is 139 Å². The minimum Gasteiger partial charge on any atom is -0.486 e. The lowest BCUT2D eigenvalue weighted by Crippen LogP contribution is -2.44. The highest BCUT2D eigenvalue weighted by atomic mass is 16.6. The van der Waals surface area contributed by atoms with Gasteiger partial charge in [-0.25, -0.2) is 0 Å². The van der Waals surface area contributed by atoms with E-state index in [4.69, 9.17) is 9.47 Å². The SMILES string of the molecule is O=C(CNC(=O)c1ccccc1)NC[C@@H]1COc2ccccc2O1. The molecule has 2 aromatic rings. The molecule has 1 aliphatic heterocycles. The highest BCUT2D eigenvalue weighted by Crippen LogP contribution is 2.30. The predicted molar refractivity (Wildman–Crippen MR) is 88.1 cm³/mol. The normalized spacial score (nSPS) is 15.4. The van der Waals surface area contributed by atoms with Crippen molar-refractivity contribution >= 4 is 11.8 Å². The predicted octanol–water partition coefficient (Wildman–Crippen LogP) is 1.37. The van der Waals surface area contributed by atoms with Crippen LogP contribution in [0.5, 0.6) is 11.5 Å². The third kappa shape index (κ3) is 4.04. The molecule has 3 rings (SSSR count). The summed E-state index contributed by atoms with van der Waals surface area (Å²) in [4.78, 5) is 23.7. The first kappa shape index (κ1) is 15.9. The molecule has 24 heavy (non-hydrogen) atoms. The van der Waals surface area contributed by atoms with Crippen molar-refractivity contribution in [2.45, 2.75) is 6.10 Å². The summed E-state index contributed by atoms with van der Waals surface area (Å²) in [6, 6.07) is 16.2. The van der Waals surface area contributed by atoms with Gasteiger partial charge < -0.3 is 20.1 Å². The molecular weight excluding hydrogens is 308 g/mol. The van der Waals surface area contributed by atoms with Gasteiger partial charge in [-0.1, -0.05) is 30.3 Å². The van der Waals surface area contributed by atoms with Gasteiger partial charge in [0.1, 0.15) is 12.7 Å². The van der Waals surface area contributed by atoms with Gasteiger partial charge in [-0.2, -0.15) is 0 Å². The van der Waals surface area contributed by atoms with E-state index >= 15 is 0 Å². The van der Waals surface area contributed by atoms with E-state index in [9.17, 15) is 9.59 Å². The van der Waals surface area contributed by atoms with Crippen LogP contribution in [0.1, 0.15) is 10.4 Å². The molecule has 6 heteroatoms. The van der Waals surface area contributed by atoms with Gasteiger partial charge in [0.2, 0.25) is 5.91 Å². The van der Waals surface area contributed by atoms with Crippen molar-refractivity contribution in [3.05, 3.63) is 60.2 Å². The molecule has 1 atom stereocenters. The first-order valence-electron chi connectivity index (χ1n) is 7.71. The van der Waals surface area contributed by atoms with Crippen LogP contribution in [0.25, 0.3) is 0 Å². The highest BCUT2D eigenvalue weighted by Gasteiger charge is 2.21. The summed E-state index contributed by atoms with van der Waals surface area (Å²) in [6.45, 7) is 0.597. The fraction of sp³-hybridized carbons (Fsp3) is 0.222. The molecule has 0 aliphatic carbocycles. The first-order valence-corrected chi connectivity index (χ1v) is 7.71. The second kappa shape index (κ2) is 7.50. The van der Waals surface area contributed by atoms with Crippen molar-refractivity contribution in [3.8, 4) is 11.5 Å². The van der Waals surface area contributed by atoms with Crippen LogP contribution in [0, 0.1) is 0 Å². The van der Waals surface area contributed by atoms with Crippen LogP contribution in [0.3, 0.4) is 0 Å². The van der Waals surface area contributed by atoms with Crippen LogP contribution >= 0.6 is 0 Å². The van der Waals surface area contributed by atoms with Crippen LogP contribution in [0.2, 0.25) is 0 Å². The molecule has 0 radical (unpaired) electrons. The van der Waals surface area contributed by atoms with Gasteiger partial charge in [-0.3, -0.25) is 9.59 Å². The zero-order valence-corrected chi connectivity index (χ0v) is 13.0. The van der Waals surface area contributed by atoms with Crippen molar-refractivity contribution in [2.75, 3.05) is 19.7 Å².